The lowest BCUT2D eigenvalue weighted by Crippen LogP contribution is -2.02. The van der Waals surface area contributed by atoms with Crippen LogP contribution < -0.4 is 0 Å². The molecule has 0 atom stereocenters. The molecule has 0 bridgehead atoms. The molecule has 0 aliphatic heterocycles. The number of aromatic nitrogens is 5. The van der Waals surface area contributed by atoms with Crippen LogP contribution in [0, 0.1) is 0 Å². The molecule has 0 saturated heterocycles. The van der Waals surface area contributed by atoms with Crippen molar-refractivity contribution in [3.8, 4) is 84.5 Å². The lowest BCUT2D eigenvalue weighted by molar-refractivity contribution is 0.669. The first kappa shape index (κ1) is 39.1. The normalized spacial score (nSPS) is 11.5. The van der Waals surface area contributed by atoms with Crippen LogP contribution in [0.2, 0.25) is 0 Å². The number of fused-ring (bicyclic) bond motifs is 7. The summed E-state index contributed by atoms with van der Waals surface area (Å²) in [4.78, 5) is 21.0. The lowest BCUT2D eigenvalue weighted by atomic mass is 9.90. The molecule has 0 N–H and O–H groups in total. The Kier molecular flexibility index (Phi) is 9.39. The van der Waals surface area contributed by atoms with Gasteiger partial charge in [0, 0.05) is 55.9 Å². The number of furan rings is 1. The van der Waals surface area contributed by atoms with Gasteiger partial charge < -0.3 is 8.98 Å². The third kappa shape index (κ3) is 6.74. The molecule has 13 rings (SSSR count). The Bertz CT molecular complexity index is 3940. The van der Waals surface area contributed by atoms with Gasteiger partial charge in [0.1, 0.15) is 11.2 Å². The first-order chi connectivity index (χ1) is 33.7. The van der Waals surface area contributed by atoms with Crippen LogP contribution in [0.3, 0.4) is 0 Å². The smallest absolute Gasteiger partial charge is 0.166 e. The van der Waals surface area contributed by atoms with Gasteiger partial charge in [-0.25, -0.2) is 15.0 Å². The van der Waals surface area contributed by atoms with Crippen LogP contribution in [-0.2, 0) is 0 Å². The lowest BCUT2D eigenvalue weighted by Gasteiger charge is -2.16. The van der Waals surface area contributed by atoms with Crippen molar-refractivity contribution < 1.29 is 4.42 Å². The van der Waals surface area contributed by atoms with Gasteiger partial charge in [0.25, 0.3) is 0 Å². The summed E-state index contributed by atoms with van der Waals surface area (Å²) < 4.78 is 9.20. The monoisotopic (exact) mass is 869 g/mol. The van der Waals surface area contributed by atoms with E-state index < -0.39 is 0 Å². The van der Waals surface area contributed by atoms with Gasteiger partial charge in [-0.05, 0) is 82.4 Å². The predicted octanol–water partition coefficient (Wildman–Crippen LogP) is 15.9. The standard InChI is InChI=1S/C62H39N5O/c1-6-18-40(19-7-1)44-30-32-48(41-20-8-2-9-21-41)52(36-44)46-37-53(62-65-60(42-22-10-3-11-23-42)64-61(66-62)43-24-12-4-13-25-43)58(63-39-46)45-31-33-51-56(38-45)68-55-35-34-50-49-28-16-17-29-54(49)67(59(50)57(51)55)47-26-14-5-15-27-47/h1-39H. The van der Waals surface area contributed by atoms with E-state index in [9.17, 15) is 0 Å². The van der Waals surface area contributed by atoms with Crippen molar-refractivity contribution in [2.75, 3.05) is 0 Å². The summed E-state index contributed by atoms with van der Waals surface area (Å²) in [6, 6.07) is 80.0. The average molecular weight is 870 g/mol. The second-order valence-corrected chi connectivity index (χ2v) is 17.0. The van der Waals surface area contributed by atoms with Crippen LogP contribution >= 0.6 is 0 Å². The first-order valence-electron chi connectivity index (χ1n) is 22.8. The molecule has 318 valence electrons. The third-order valence-electron chi connectivity index (χ3n) is 12.9. The van der Waals surface area contributed by atoms with Gasteiger partial charge in [0.2, 0.25) is 0 Å². The predicted molar refractivity (Wildman–Crippen MR) is 277 cm³/mol. The minimum absolute atomic E-state index is 0.515. The largest absolute Gasteiger partial charge is 0.456 e. The van der Waals surface area contributed by atoms with Crippen LogP contribution in [0.5, 0.6) is 0 Å². The Morgan fingerprint density at radius 1 is 0.338 bits per heavy atom. The molecule has 0 radical (unpaired) electrons. The van der Waals surface area contributed by atoms with E-state index >= 15 is 0 Å². The quantitative estimate of drug-likeness (QED) is 0.152. The molecule has 6 heteroatoms. The summed E-state index contributed by atoms with van der Waals surface area (Å²) in [6.07, 6.45) is 1.98. The van der Waals surface area contributed by atoms with Crippen LogP contribution in [0.25, 0.3) is 128 Å². The van der Waals surface area contributed by atoms with Crippen molar-refractivity contribution >= 4 is 43.7 Å². The van der Waals surface area contributed by atoms with Gasteiger partial charge in [-0.15, -0.1) is 0 Å². The molecule has 0 fully saturated rings. The van der Waals surface area contributed by atoms with Crippen molar-refractivity contribution in [1.29, 1.82) is 0 Å². The fourth-order valence-electron chi connectivity index (χ4n) is 9.71. The minimum atomic E-state index is 0.515. The highest BCUT2D eigenvalue weighted by molar-refractivity contribution is 6.24. The third-order valence-corrected chi connectivity index (χ3v) is 12.9. The van der Waals surface area contributed by atoms with E-state index in [1.165, 1.54) is 10.8 Å². The summed E-state index contributed by atoms with van der Waals surface area (Å²) >= 11 is 0. The molecule has 4 aromatic heterocycles. The molecule has 68 heavy (non-hydrogen) atoms. The summed E-state index contributed by atoms with van der Waals surface area (Å²) in [6.45, 7) is 0. The molecule has 6 nitrogen and oxygen atoms in total. The van der Waals surface area contributed by atoms with E-state index in [2.05, 4.69) is 168 Å². The Morgan fingerprint density at radius 3 is 1.59 bits per heavy atom. The maximum atomic E-state index is 6.84. The van der Waals surface area contributed by atoms with Crippen molar-refractivity contribution in [2.45, 2.75) is 0 Å². The SMILES string of the molecule is c1ccc(-c2ccc(-c3ccccc3)c(-c3cnc(-c4ccc5c(c4)oc4ccc6c7ccccc7n(-c7ccccc7)c6c45)c(-c4nc(-c5ccccc5)nc(-c5ccccc5)n4)c3)c2)cc1. The number of hydrogen-bond acceptors (Lipinski definition) is 5. The van der Waals surface area contributed by atoms with Crippen molar-refractivity contribution in [2.24, 2.45) is 0 Å². The highest BCUT2D eigenvalue weighted by Gasteiger charge is 2.23. The maximum Gasteiger partial charge on any atom is 0.166 e. The zero-order chi connectivity index (χ0) is 45.0. The van der Waals surface area contributed by atoms with Crippen molar-refractivity contribution in [3.63, 3.8) is 0 Å². The fraction of sp³-hybridized carbons (Fsp3) is 0. The highest BCUT2D eigenvalue weighted by atomic mass is 16.3. The topological polar surface area (TPSA) is 69.6 Å². The van der Waals surface area contributed by atoms with E-state index in [1.807, 2.05) is 72.9 Å². The van der Waals surface area contributed by atoms with Gasteiger partial charge >= 0.3 is 0 Å². The first-order valence-corrected chi connectivity index (χ1v) is 22.8. The molecule has 0 aliphatic carbocycles. The van der Waals surface area contributed by atoms with E-state index in [0.29, 0.717) is 17.5 Å². The molecule has 0 amide bonds. The van der Waals surface area contributed by atoms with E-state index in [4.69, 9.17) is 24.4 Å². The molecule has 0 spiro atoms. The highest BCUT2D eigenvalue weighted by Crippen LogP contribution is 2.44. The number of para-hydroxylation sites is 2. The number of rotatable bonds is 8. The molecule has 9 aromatic carbocycles. The zero-order valence-electron chi connectivity index (χ0n) is 36.7. The zero-order valence-corrected chi connectivity index (χ0v) is 36.7. The van der Waals surface area contributed by atoms with Crippen LogP contribution in [0.4, 0.5) is 0 Å². The average Bonchev–Trinajstić information content (AvgIpc) is 3.97. The summed E-state index contributed by atoms with van der Waals surface area (Å²) in [5, 5.41) is 4.46. The fourth-order valence-corrected chi connectivity index (χ4v) is 9.71. The van der Waals surface area contributed by atoms with Gasteiger partial charge in [0.05, 0.1) is 22.1 Å². The van der Waals surface area contributed by atoms with Gasteiger partial charge in [-0.3, -0.25) is 4.98 Å². The number of pyridine rings is 1. The van der Waals surface area contributed by atoms with Gasteiger partial charge in [0.15, 0.2) is 17.5 Å². The molecular formula is C62H39N5O. The molecule has 4 heterocycles. The second-order valence-electron chi connectivity index (χ2n) is 17.0. The minimum Gasteiger partial charge on any atom is -0.456 e. The van der Waals surface area contributed by atoms with Crippen LogP contribution in [0.15, 0.2) is 241 Å². The van der Waals surface area contributed by atoms with Crippen LogP contribution in [0.1, 0.15) is 0 Å². The van der Waals surface area contributed by atoms with Crippen molar-refractivity contribution in [3.05, 3.63) is 237 Å². The summed E-state index contributed by atoms with van der Waals surface area (Å²) in [7, 11) is 0. The molecular weight excluding hydrogens is 831 g/mol. The van der Waals surface area contributed by atoms with E-state index in [0.717, 1.165) is 100.0 Å². The van der Waals surface area contributed by atoms with Crippen molar-refractivity contribution in [1.82, 2.24) is 24.5 Å². The molecule has 0 aliphatic rings. The summed E-state index contributed by atoms with van der Waals surface area (Å²) in [5.41, 5.74) is 15.5. The van der Waals surface area contributed by atoms with Gasteiger partial charge in [-0.2, -0.15) is 0 Å². The summed E-state index contributed by atoms with van der Waals surface area (Å²) in [5.74, 6) is 1.67. The Morgan fingerprint density at radius 2 is 0.897 bits per heavy atom. The van der Waals surface area contributed by atoms with E-state index in [-0.39, 0.29) is 0 Å². The molecule has 0 unspecified atom stereocenters. The number of hydrogen-bond donors (Lipinski definition) is 0. The van der Waals surface area contributed by atoms with Crippen LogP contribution in [-0.4, -0.2) is 24.5 Å². The Hall–Kier alpha value is -9.26. The second kappa shape index (κ2) is 16.3. The molecule has 13 aromatic rings. The van der Waals surface area contributed by atoms with Gasteiger partial charge in [-0.1, -0.05) is 176 Å². The number of benzene rings is 9. The number of nitrogens with zero attached hydrogens (tertiary/aromatic N) is 5. The Balaban J connectivity index is 1.06. The Labute approximate surface area is 392 Å². The molecule has 0 saturated carbocycles. The maximum absolute atomic E-state index is 6.84. The van der Waals surface area contributed by atoms with E-state index in [1.54, 1.807) is 0 Å².